The summed E-state index contributed by atoms with van der Waals surface area (Å²) >= 11 is 0. The van der Waals surface area contributed by atoms with Crippen molar-refractivity contribution in [3.63, 3.8) is 0 Å². The van der Waals surface area contributed by atoms with Crippen LogP contribution >= 0.6 is 0 Å². The molecular weight excluding hydrogens is 248 g/mol. The molecule has 1 unspecified atom stereocenters. The average molecular weight is 268 g/mol. The largest absolute Gasteiger partial charge is 0.508 e. The molecule has 20 heavy (non-hydrogen) atoms. The van der Waals surface area contributed by atoms with Gasteiger partial charge in [0.15, 0.2) is 0 Å². The third-order valence-corrected chi connectivity index (χ3v) is 3.73. The molecule has 0 saturated heterocycles. The smallest absolute Gasteiger partial charge is 0.121 e. The number of phenolic OH excluding ortho intramolecular Hbond substituents is 1. The molecule has 2 rings (SSSR count). The molecule has 0 aliphatic carbocycles. The Hall–Kier alpha value is -2.08. The van der Waals surface area contributed by atoms with Crippen LogP contribution < -0.4 is 0 Å². The molecule has 1 aromatic rings. The van der Waals surface area contributed by atoms with Gasteiger partial charge in [-0.2, -0.15) is 5.26 Å². The first-order valence-electron chi connectivity index (χ1n) is 7.17. The predicted octanol–water partition coefficient (Wildman–Crippen LogP) is 4.09. The van der Waals surface area contributed by atoms with Crippen LogP contribution in [0.4, 0.5) is 0 Å². The standard InChI is InChI=1S/C17H20N2O/c18-13-7-3-1-2-6-11-17(12-8-14-19-17)15-9-4-5-10-16(15)20/h4-5,8-10,12,14,20H,1-3,6-7,11H2. The number of unbranched alkanes of at least 4 members (excludes halogenated alkanes) is 4. The highest BCUT2D eigenvalue weighted by Gasteiger charge is 2.31. The summed E-state index contributed by atoms with van der Waals surface area (Å²) in [5.74, 6) is 0.306. The van der Waals surface area contributed by atoms with Crippen molar-refractivity contribution in [2.75, 3.05) is 0 Å². The van der Waals surface area contributed by atoms with E-state index >= 15 is 0 Å². The van der Waals surface area contributed by atoms with Crippen molar-refractivity contribution in [2.45, 2.75) is 44.1 Å². The lowest BCUT2D eigenvalue weighted by atomic mass is 9.85. The first kappa shape index (κ1) is 14.3. The summed E-state index contributed by atoms with van der Waals surface area (Å²) in [5.41, 5.74) is 0.475. The van der Waals surface area contributed by atoms with Crippen LogP contribution in [-0.4, -0.2) is 11.3 Å². The van der Waals surface area contributed by atoms with E-state index < -0.39 is 5.54 Å². The van der Waals surface area contributed by atoms with Gasteiger partial charge in [-0.1, -0.05) is 43.5 Å². The van der Waals surface area contributed by atoms with Gasteiger partial charge in [0.05, 0.1) is 6.07 Å². The highest BCUT2D eigenvalue weighted by atomic mass is 16.3. The number of rotatable bonds is 7. The Morgan fingerprint density at radius 2 is 1.95 bits per heavy atom. The Kier molecular flexibility index (Phi) is 4.95. The molecule has 0 fully saturated rings. The lowest BCUT2D eigenvalue weighted by Crippen LogP contribution is -2.19. The molecule has 1 N–H and O–H groups in total. The highest BCUT2D eigenvalue weighted by Crippen LogP contribution is 2.39. The monoisotopic (exact) mass is 268 g/mol. The number of hydrogen-bond donors (Lipinski definition) is 1. The van der Waals surface area contributed by atoms with E-state index in [1.54, 1.807) is 6.07 Å². The number of nitriles is 1. The van der Waals surface area contributed by atoms with Crippen LogP contribution in [0.25, 0.3) is 0 Å². The Morgan fingerprint density at radius 1 is 1.15 bits per heavy atom. The minimum absolute atomic E-state index is 0.306. The fraction of sp³-hybridized carbons (Fsp3) is 0.412. The lowest BCUT2D eigenvalue weighted by Gasteiger charge is -2.25. The fourth-order valence-corrected chi connectivity index (χ4v) is 2.66. The second-order valence-corrected chi connectivity index (χ2v) is 5.15. The van der Waals surface area contributed by atoms with Gasteiger partial charge in [-0.15, -0.1) is 0 Å². The van der Waals surface area contributed by atoms with Crippen molar-refractivity contribution >= 4 is 6.21 Å². The summed E-state index contributed by atoms with van der Waals surface area (Å²) in [5, 5.41) is 18.6. The summed E-state index contributed by atoms with van der Waals surface area (Å²) in [6, 6.07) is 9.60. The van der Waals surface area contributed by atoms with Crippen molar-refractivity contribution in [1.29, 1.82) is 5.26 Å². The van der Waals surface area contributed by atoms with Gasteiger partial charge in [-0.25, -0.2) is 0 Å². The van der Waals surface area contributed by atoms with E-state index in [0.29, 0.717) is 12.2 Å². The molecule has 1 atom stereocenters. The van der Waals surface area contributed by atoms with Crippen molar-refractivity contribution in [3.8, 4) is 11.8 Å². The Morgan fingerprint density at radius 3 is 2.65 bits per heavy atom. The van der Waals surface area contributed by atoms with Crippen molar-refractivity contribution in [3.05, 3.63) is 42.0 Å². The van der Waals surface area contributed by atoms with Crippen LogP contribution in [0.15, 0.2) is 41.4 Å². The van der Waals surface area contributed by atoms with Gasteiger partial charge in [0.25, 0.3) is 0 Å². The van der Waals surface area contributed by atoms with Gasteiger partial charge in [0, 0.05) is 18.2 Å². The zero-order chi connectivity index (χ0) is 14.3. The summed E-state index contributed by atoms with van der Waals surface area (Å²) in [6.45, 7) is 0. The summed E-state index contributed by atoms with van der Waals surface area (Å²) in [6.07, 6.45) is 11.5. The van der Waals surface area contributed by atoms with E-state index in [2.05, 4.69) is 17.1 Å². The van der Waals surface area contributed by atoms with Gasteiger partial charge < -0.3 is 5.11 Å². The van der Waals surface area contributed by atoms with Crippen LogP contribution in [0.3, 0.4) is 0 Å². The molecule has 1 aliphatic heterocycles. The van der Waals surface area contributed by atoms with Crippen molar-refractivity contribution in [2.24, 2.45) is 4.99 Å². The number of aromatic hydroxyl groups is 1. The number of phenols is 1. The zero-order valence-corrected chi connectivity index (χ0v) is 11.6. The number of hydrogen-bond acceptors (Lipinski definition) is 3. The maximum atomic E-state index is 10.1. The molecule has 3 nitrogen and oxygen atoms in total. The Bertz CT molecular complexity index is 528. The van der Waals surface area contributed by atoms with Crippen LogP contribution in [0.2, 0.25) is 0 Å². The molecule has 0 saturated carbocycles. The number of para-hydroxylation sites is 1. The van der Waals surface area contributed by atoms with Crippen LogP contribution in [0.1, 0.15) is 44.1 Å². The van der Waals surface area contributed by atoms with E-state index in [-0.39, 0.29) is 0 Å². The predicted molar refractivity (Wildman–Crippen MR) is 80.7 cm³/mol. The molecule has 0 amide bonds. The molecule has 1 heterocycles. The average Bonchev–Trinajstić information content (AvgIpc) is 2.93. The molecule has 0 radical (unpaired) electrons. The Balaban J connectivity index is 1.98. The number of aliphatic imine (C=N–C) groups is 1. The maximum absolute atomic E-state index is 10.1. The number of allylic oxidation sites excluding steroid dienone is 1. The molecule has 0 spiro atoms. The van der Waals surface area contributed by atoms with Crippen LogP contribution in [0, 0.1) is 11.3 Å². The van der Waals surface area contributed by atoms with Gasteiger partial charge >= 0.3 is 0 Å². The molecule has 3 heteroatoms. The zero-order valence-electron chi connectivity index (χ0n) is 11.6. The molecule has 104 valence electrons. The summed E-state index contributed by atoms with van der Waals surface area (Å²) < 4.78 is 0. The van der Waals surface area contributed by atoms with E-state index in [1.165, 1.54) is 0 Å². The molecule has 0 aromatic heterocycles. The van der Waals surface area contributed by atoms with Gasteiger partial charge in [0.1, 0.15) is 11.3 Å². The summed E-state index contributed by atoms with van der Waals surface area (Å²) in [7, 11) is 0. The van der Waals surface area contributed by atoms with E-state index in [1.807, 2.05) is 30.5 Å². The first-order valence-corrected chi connectivity index (χ1v) is 7.17. The normalized spacial score (nSPS) is 20.1. The molecule has 1 aliphatic rings. The molecular formula is C17H20N2O. The van der Waals surface area contributed by atoms with E-state index in [9.17, 15) is 5.11 Å². The minimum atomic E-state index is -0.402. The maximum Gasteiger partial charge on any atom is 0.121 e. The molecule has 1 aromatic carbocycles. The quantitative estimate of drug-likeness (QED) is 0.757. The minimum Gasteiger partial charge on any atom is -0.508 e. The van der Waals surface area contributed by atoms with Gasteiger partial charge in [-0.05, 0) is 25.0 Å². The van der Waals surface area contributed by atoms with E-state index in [4.69, 9.17) is 5.26 Å². The number of nitrogens with zero attached hydrogens (tertiary/aromatic N) is 2. The van der Waals surface area contributed by atoms with Crippen molar-refractivity contribution in [1.82, 2.24) is 0 Å². The van der Waals surface area contributed by atoms with Crippen molar-refractivity contribution < 1.29 is 5.11 Å². The SMILES string of the molecule is N#CCCCCCCC1(c2ccccc2O)C=CC=N1. The van der Waals surface area contributed by atoms with Gasteiger partial charge in [-0.3, -0.25) is 4.99 Å². The second-order valence-electron chi connectivity index (χ2n) is 5.15. The van der Waals surface area contributed by atoms with Crippen LogP contribution in [0.5, 0.6) is 5.75 Å². The lowest BCUT2D eigenvalue weighted by molar-refractivity contribution is 0.425. The molecule has 0 bridgehead atoms. The highest BCUT2D eigenvalue weighted by molar-refractivity contribution is 5.76. The number of benzene rings is 1. The van der Waals surface area contributed by atoms with Gasteiger partial charge in [0.2, 0.25) is 0 Å². The third kappa shape index (κ3) is 3.27. The first-order chi connectivity index (χ1) is 9.78. The Labute approximate surface area is 120 Å². The topological polar surface area (TPSA) is 56.4 Å². The second kappa shape index (κ2) is 6.91. The summed E-state index contributed by atoms with van der Waals surface area (Å²) in [4.78, 5) is 4.58. The van der Waals surface area contributed by atoms with Crippen LogP contribution in [-0.2, 0) is 5.54 Å². The third-order valence-electron chi connectivity index (χ3n) is 3.73. The fourth-order valence-electron chi connectivity index (χ4n) is 2.66. The van der Waals surface area contributed by atoms with E-state index in [0.717, 1.165) is 37.7 Å².